The number of carbonyl (C=O) groups excluding carboxylic acids is 5. The second kappa shape index (κ2) is 14.9. The number of amides is 1. The summed E-state index contributed by atoms with van der Waals surface area (Å²) in [5.74, 6) is -2.42. The van der Waals surface area contributed by atoms with Crippen molar-refractivity contribution in [3.63, 3.8) is 0 Å². The summed E-state index contributed by atoms with van der Waals surface area (Å²) < 4.78 is 15.6. The standard InChI is InChI=1S/C35H42N2O8/c1-20(2)30(36)32(40)43-18-28(38)23-10-8-22(9-11-23)24-12-13-26-17-27(15-14-25(26)16-24)29(39)19-44-33(41)31(21(3)4)37-34(42)45-35(5,6)7/h8-17,20-21,30-31H,18-19,36H2,1-7H3,(H,37,42). The summed E-state index contributed by atoms with van der Waals surface area (Å²) in [5, 5.41) is 4.22. The third-order valence-corrected chi connectivity index (χ3v) is 6.98. The van der Waals surface area contributed by atoms with E-state index in [1.54, 1.807) is 72.7 Å². The summed E-state index contributed by atoms with van der Waals surface area (Å²) >= 11 is 0. The monoisotopic (exact) mass is 618 g/mol. The molecule has 240 valence electrons. The molecule has 45 heavy (non-hydrogen) atoms. The Morgan fingerprint density at radius 3 is 1.78 bits per heavy atom. The van der Waals surface area contributed by atoms with E-state index in [2.05, 4.69) is 5.32 Å². The molecule has 0 spiro atoms. The predicted octanol–water partition coefficient (Wildman–Crippen LogP) is 5.49. The number of alkyl carbamates (subject to hydrolysis) is 1. The van der Waals surface area contributed by atoms with Gasteiger partial charge in [0, 0.05) is 11.1 Å². The first-order valence-corrected chi connectivity index (χ1v) is 14.8. The highest BCUT2D eigenvalue weighted by atomic mass is 16.6. The number of nitrogens with one attached hydrogen (secondary N) is 1. The molecule has 1 amide bonds. The number of esters is 2. The maximum Gasteiger partial charge on any atom is 0.408 e. The maximum absolute atomic E-state index is 12.9. The van der Waals surface area contributed by atoms with Crippen LogP contribution in [-0.4, -0.2) is 60.5 Å². The lowest BCUT2D eigenvalue weighted by Gasteiger charge is -2.24. The minimum absolute atomic E-state index is 0.0930. The molecule has 0 aliphatic heterocycles. The van der Waals surface area contributed by atoms with Gasteiger partial charge in [-0.3, -0.25) is 14.4 Å². The van der Waals surface area contributed by atoms with Gasteiger partial charge in [-0.15, -0.1) is 0 Å². The van der Waals surface area contributed by atoms with Crippen molar-refractivity contribution in [1.82, 2.24) is 5.32 Å². The van der Waals surface area contributed by atoms with Crippen LogP contribution in [0.1, 0.15) is 69.2 Å². The highest BCUT2D eigenvalue weighted by Gasteiger charge is 2.29. The van der Waals surface area contributed by atoms with Crippen LogP contribution in [-0.2, 0) is 23.8 Å². The Morgan fingerprint density at radius 2 is 1.20 bits per heavy atom. The summed E-state index contributed by atoms with van der Waals surface area (Å²) in [5.41, 5.74) is 7.61. The first-order valence-electron chi connectivity index (χ1n) is 14.8. The Bertz CT molecular complexity index is 1550. The number of nitrogens with two attached hydrogens (primary N) is 1. The van der Waals surface area contributed by atoms with E-state index in [1.165, 1.54) is 0 Å². The smallest absolute Gasteiger partial charge is 0.408 e. The van der Waals surface area contributed by atoms with Crippen molar-refractivity contribution in [3.8, 4) is 11.1 Å². The molecule has 3 N–H and O–H groups in total. The highest BCUT2D eigenvalue weighted by Crippen LogP contribution is 2.26. The van der Waals surface area contributed by atoms with Crippen LogP contribution in [0.4, 0.5) is 4.79 Å². The topological polar surface area (TPSA) is 151 Å². The molecule has 0 radical (unpaired) electrons. The van der Waals surface area contributed by atoms with Crippen molar-refractivity contribution >= 4 is 40.4 Å². The van der Waals surface area contributed by atoms with Crippen molar-refractivity contribution in [2.24, 2.45) is 17.6 Å². The summed E-state index contributed by atoms with van der Waals surface area (Å²) in [7, 11) is 0. The minimum atomic E-state index is -0.971. The highest BCUT2D eigenvalue weighted by molar-refractivity contribution is 6.02. The molecule has 0 aromatic heterocycles. The molecule has 2 unspecified atom stereocenters. The lowest BCUT2D eigenvalue weighted by molar-refractivity contribution is -0.146. The van der Waals surface area contributed by atoms with Gasteiger partial charge in [-0.1, -0.05) is 76.2 Å². The molecule has 10 heteroatoms. The average molecular weight is 619 g/mol. The Labute approximate surface area is 263 Å². The molecule has 3 aromatic carbocycles. The van der Waals surface area contributed by atoms with Crippen LogP contribution in [0.15, 0.2) is 60.7 Å². The minimum Gasteiger partial charge on any atom is -0.456 e. The van der Waals surface area contributed by atoms with Crippen LogP contribution in [0.2, 0.25) is 0 Å². The normalized spacial score (nSPS) is 12.8. The molecule has 0 heterocycles. The Kier molecular flexibility index (Phi) is 11.6. The van der Waals surface area contributed by atoms with Gasteiger partial charge >= 0.3 is 18.0 Å². The molecule has 0 saturated heterocycles. The fourth-order valence-corrected chi connectivity index (χ4v) is 4.28. The number of hydrogen-bond donors (Lipinski definition) is 2. The zero-order valence-corrected chi connectivity index (χ0v) is 26.8. The van der Waals surface area contributed by atoms with E-state index in [0.29, 0.717) is 11.1 Å². The summed E-state index contributed by atoms with van der Waals surface area (Å²) in [4.78, 5) is 62.1. The Morgan fingerprint density at radius 1 is 0.689 bits per heavy atom. The molecule has 10 nitrogen and oxygen atoms in total. The molecule has 3 aromatic rings. The van der Waals surface area contributed by atoms with E-state index >= 15 is 0 Å². The van der Waals surface area contributed by atoms with Crippen LogP contribution < -0.4 is 11.1 Å². The average Bonchev–Trinajstić information content (AvgIpc) is 2.99. The first kappa shape index (κ1) is 34.9. The summed E-state index contributed by atoms with van der Waals surface area (Å²) in [6.45, 7) is 11.4. The molecular formula is C35H42N2O8. The third kappa shape index (κ3) is 9.97. The molecule has 0 aliphatic carbocycles. The van der Waals surface area contributed by atoms with Crippen molar-refractivity contribution < 1.29 is 38.2 Å². The molecule has 0 aliphatic rings. The van der Waals surface area contributed by atoms with Crippen LogP contribution in [0, 0.1) is 11.8 Å². The molecule has 2 atom stereocenters. The Hall–Kier alpha value is -4.57. The number of fused-ring (bicyclic) bond motifs is 1. The van der Waals surface area contributed by atoms with Crippen LogP contribution in [0.25, 0.3) is 21.9 Å². The van der Waals surface area contributed by atoms with E-state index in [9.17, 15) is 24.0 Å². The van der Waals surface area contributed by atoms with E-state index in [-0.39, 0.29) is 30.0 Å². The van der Waals surface area contributed by atoms with Gasteiger partial charge in [0.05, 0.1) is 0 Å². The number of ether oxygens (including phenoxy) is 3. The number of rotatable bonds is 12. The van der Waals surface area contributed by atoms with Crippen molar-refractivity contribution in [2.45, 2.75) is 66.2 Å². The van der Waals surface area contributed by atoms with Crippen molar-refractivity contribution in [3.05, 3.63) is 71.8 Å². The maximum atomic E-state index is 12.9. The van der Waals surface area contributed by atoms with Crippen molar-refractivity contribution in [2.75, 3.05) is 13.2 Å². The molecular weight excluding hydrogens is 576 g/mol. The zero-order chi connectivity index (χ0) is 33.5. The number of Topliss-reactive ketones (excluding diaryl/α,β-unsaturated/α-hetero) is 2. The number of ketones is 2. The van der Waals surface area contributed by atoms with E-state index < -0.39 is 42.3 Å². The number of benzene rings is 3. The second-order valence-corrected chi connectivity index (χ2v) is 12.6. The number of carbonyl (C=O) groups is 5. The third-order valence-electron chi connectivity index (χ3n) is 6.98. The largest absolute Gasteiger partial charge is 0.456 e. The van der Waals surface area contributed by atoms with Gasteiger partial charge < -0.3 is 25.3 Å². The quantitative estimate of drug-likeness (QED) is 0.152. The van der Waals surface area contributed by atoms with Gasteiger partial charge in [0.25, 0.3) is 0 Å². The number of hydrogen-bond acceptors (Lipinski definition) is 9. The molecule has 0 saturated carbocycles. The fourth-order valence-electron chi connectivity index (χ4n) is 4.28. The van der Waals surface area contributed by atoms with Gasteiger partial charge in [-0.2, -0.15) is 0 Å². The van der Waals surface area contributed by atoms with E-state index in [1.807, 2.05) is 36.4 Å². The van der Waals surface area contributed by atoms with Gasteiger partial charge in [0.2, 0.25) is 0 Å². The Balaban J connectivity index is 1.62. The summed E-state index contributed by atoms with van der Waals surface area (Å²) in [6.07, 6.45) is -0.742. The SMILES string of the molecule is CC(C)C(N)C(=O)OCC(=O)c1ccc(-c2ccc3cc(C(=O)COC(=O)C(NC(=O)OC(C)(C)C)C(C)C)ccc3c2)cc1. The van der Waals surface area contributed by atoms with Gasteiger partial charge in [0.1, 0.15) is 17.7 Å². The zero-order valence-electron chi connectivity index (χ0n) is 26.8. The van der Waals surface area contributed by atoms with E-state index in [4.69, 9.17) is 19.9 Å². The lowest BCUT2D eigenvalue weighted by atomic mass is 9.98. The van der Waals surface area contributed by atoms with Crippen molar-refractivity contribution in [1.29, 1.82) is 0 Å². The predicted molar refractivity (Wildman–Crippen MR) is 171 cm³/mol. The molecule has 0 bridgehead atoms. The van der Waals surface area contributed by atoms with Gasteiger partial charge in [-0.05, 0) is 66.6 Å². The van der Waals surface area contributed by atoms with Crippen LogP contribution >= 0.6 is 0 Å². The summed E-state index contributed by atoms with van der Waals surface area (Å²) in [6, 6.07) is 16.2. The first-order chi connectivity index (χ1) is 21.1. The van der Waals surface area contributed by atoms with Gasteiger partial charge in [0.15, 0.2) is 24.8 Å². The van der Waals surface area contributed by atoms with Crippen LogP contribution in [0.3, 0.4) is 0 Å². The lowest BCUT2D eigenvalue weighted by Crippen LogP contribution is -2.47. The van der Waals surface area contributed by atoms with Gasteiger partial charge in [-0.25, -0.2) is 9.59 Å². The molecule has 0 fully saturated rings. The fraction of sp³-hybridized carbons (Fsp3) is 0.400. The van der Waals surface area contributed by atoms with E-state index in [0.717, 1.165) is 21.9 Å². The van der Waals surface area contributed by atoms with Crippen LogP contribution in [0.5, 0.6) is 0 Å². The molecule has 3 rings (SSSR count). The second-order valence-electron chi connectivity index (χ2n) is 12.6.